The van der Waals surface area contributed by atoms with Crippen LogP contribution in [0.1, 0.15) is 56.6 Å². The van der Waals surface area contributed by atoms with E-state index in [2.05, 4.69) is 15.0 Å². The summed E-state index contributed by atoms with van der Waals surface area (Å²) in [7, 11) is 1.96. The third-order valence-corrected chi connectivity index (χ3v) is 6.77. The number of piperidine rings is 1. The van der Waals surface area contributed by atoms with Crippen LogP contribution in [0.5, 0.6) is 5.88 Å². The quantitative estimate of drug-likeness (QED) is 0.488. The number of nitrogens with one attached hydrogen (secondary N) is 1. The number of carbonyl (C=O) groups excluding carboxylic acids is 2. The second-order valence-corrected chi connectivity index (χ2v) is 9.25. The van der Waals surface area contributed by atoms with Gasteiger partial charge in [-0.1, -0.05) is 18.2 Å². The number of carbonyl (C=O) groups is 2. The van der Waals surface area contributed by atoms with Crippen LogP contribution in [0.15, 0.2) is 48.5 Å². The lowest BCUT2D eigenvalue weighted by atomic mass is 9.89. The lowest BCUT2D eigenvalue weighted by molar-refractivity contribution is -0.154. The summed E-state index contributed by atoms with van der Waals surface area (Å²) < 4.78 is 43.7. The van der Waals surface area contributed by atoms with Crippen LogP contribution in [0.2, 0.25) is 0 Å². The highest BCUT2D eigenvalue weighted by molar-refractivity contribution is 6.02. The molecule has 0 aliphatic carbocycles. The highest BCUT2D eigenvalue weighted by Crippen LogP contribution is 2.30. The lowest BCUT2D eigenvalue weighted by Crippen LogP contribution is -2.38. The maximum Gasteiger partial charge on any atom is 0.422 e. The van der Waals surface area contributed by atoms with Crippen molar-refractivity contribution < 1.29 is 27.5 Å². The normalized spacial score (nSPS) is 14.5. The molecule has 10 heteroatoms. The Hall–Kier alpha value is -3.82. The zero-order chi connectivity index (χ0) is 26.7. The Kier molecular flexibility index (Phi) is 7.56. The van der Waals surface area contributed by atoms with Crippen LogP contribution >= 0.6 is 0 Å². The maximum atomic E-state index is 13.0. The summed E-state index contributed by atoms with van der Waals surface area (Å²) in [5.41, 5.74) is 4.39. The van der Waals surface area contributed by atoms with Crippen molar-refractivity contribution in [2.45, 2.75) is 38.8 Å². The SMILES string of the molecule is Cc1cc(C(=O)N2CCC(c3ccc(NC(=O)c4cccc(OCC(F)(F)F)n4)cc3)CC2)c(C)n1C. The molecular formula is C27H29F3N4O3. The molecule has 2 aromatic heterocycles. The van der Waals surface area contributed by atoms with E-state index >= 15 is 0 Å². The van der Waals surface area contributed by atoms with E-state index in [1.54, 1.807) is 12.1 Å². The molecule has 1 aliphatic rings. The van der Waals surface area contributed by atoms with Crippen LogP contribution in [0.4, 0.5) is 18.9 Å². The zero-order valence-corrected chi connectivity index (χ0v) is 20.9. The van der Waals surface area contributed by atoms with E-state index in [9.17, 15) is 22.8 Å². The first-order chi connectivity index (χ1) is 17.5. The molecule has 1 aliphatic heterocycles. The Morgan fingerprint density at radius 3 is 2.35 bits per heavy atom. The number of nitrogens with zero attached hydrogens (tertiary/aromatic N) is 3. The van der Waals surface area contributed by atoms with E-state index in [1.807, 2.05) is 48.6 Å². The van der Waals surface area contributed by atoms with E-state index in [0.717, 1.165) is 35.4 Å². The Labute approximate surface area is 213 Å². The van der Waals surface area contributed by atoms with E-state index < -0.39 is 18.7 Å². The van der Waals surface area contributed by atoms with Gasteiger partial charge in [0.15, 0.2) is 6.61 Å². The van der Waals surface area contributed by atoms with E-state index in [4.69, 9.17) is 0 Å². The molecule has 0 bridgehead atoms. The number of aromatic nitrogens is 2. The van der Waals surface area contributed by atoms with Crippen molar-refractivity contribution >= 4 is 17.5 Å². The number of amides is 2. The highest BCUT2D eigenvalue weighted by Gasteiger charge is 2.29. The number of benzene rings is 1. The number of hydrogen-bond donors (Lipinski definition) is 1. The molecule has 1 fully saturated rings. The lowest BCUT2D eigenvalue weighted by Gasteiger charge is -2.32. The number of hydrogen-bond acceptors (Lipinski definition) is 4. The van der Waals surface area contributed by atoms with Crippen LogP contribution in [0, 0.1) is 13.8 Å². The molecule has 1 saturated heterocycles. The van der Waals surface area contributed by atoms with Gasteiger partial charge >= 0.3 is 6.18 Å². The van der Waals surface area contributed by atoms with Gasteiger partial charge in [-0.15, -0.1) is 0 Å². The molecule has 3 heterocycles. The Morgan fingerprint density at radius 1 is 1.08 bits per heavy atom. The van der Waals surface area contributed by atoms with Gasteiger partial charge < -0.3 is 19.5 Å². The van der Waals surface area contributed by atoms with Gasteiger partial charge in [-0.2, -0.15) is 13.2 Å². The Bertz CT molecular complexity index is 1280. The van der Waals surface area contributed by atoms with Crippen molar-refractivity contribution in [1.29, 1.82) is 0 Å². The number of alkyl halides is 3. The van der Waals surface area contributed by atoms with Crippen LogP contribution in [0.3, 0.4) is 0 Å². The van der Waals surface area contributed by atoms with Gasteiger partial charge in [-0.25, -0.2) is 4.98 Å². The summed E-state index contributed by atoms with van der Waals surface area (Å²) in [4.78, 5) is 31.3. The first-order valence-electron chi connectivity index (χ1n) is 12.0. The molecule has 0 unspecified atom stereocenters. The number of anilines is 1. The van der Waals surface area contributed by atoms with Gasteiger partial charge in [0.2, 0.25) is 5.88 Å². The largest absolute Gasteiger partial charge is 0.468 e. The van der Waals surface area contributed by atoms with Crippen LogP contribution in [-0.2, 0) is 7.05 Å². The third-order valence-electron chi connectivity index (χ3n) is 6.77. The predicted octanol–water partition coefficient (Wildman–Crippen LogP) is 5.25. The summed E-state index contributed by atoms with van der Waals surface area (Å²) in [5.74, 6) is -0.457. The van der Waals surface area contributed by atoms with Crippen molar-refractivity contribution in [3.63, 3.8) is 0 Å². The monoisotopic (exact) mass is 514 g/mol. The molecule has 4 rings (SSSR count). The molecule has 196 valence electrons. The van der Waals surface area contributed by atoms with E-state index in [1.165, 1.54) is 18.2 Å². The number of rotatable bonds is 6. The van der Waals surface area contributed by atoms with Gasteiger partial charge in [0, 0.05) is 43.3 Å². The zero-order valence-electron chi connectivity index (χ0n) is 20.9. The highest BCUT2D eigenvalue weighted by atomic mass is 19.4. The number of ether oxygens (including phenoxy) is 1. The second-order valence-electron chi connectivity index (χ2n) is 9.25. The van der Waals surface area contributed by atoms with Crippen LogP contribution in [-0.4, -0.2) is 52.1 Å². The molecule has 2 amide bonds. The minimum Gasteiger partial charge on any atom is -0.468 e. The average Bonchev–Trinajstić information content (AvgIpc) is 3.14. The summed E-state index contributed by atoms with van der Waals surface area (Å²) in [6.45, 7) is 3.82. The number of aryl methyl sites for hydroxylation is 1. The molecule has 1 aromatic carbocycles. The minimum atomic E-state index is -4.49. The first-order valence-corrected chi connectivity index (χ1v) is 12.0. The van der Waals surface area contributed by atoms with Gasteiger partial charge in [-0.05, 0) is 62.4 Å². The Morgan fingerprint density at radius 2 is 1.76 bits per heavy atom. The Balaban J connectivity index is 1.32. The minimum absolute atomic E-state index is 0.0513. The first kappa shape index (κ1) is 26.2. The number of pyridine rings is 1. The van der Waals surface area contributed by atoms with E-state index in [-0.39, 0.29) is 17.5 Å². The summed E-state index contributed by atoms with van der Waals surface area (Å²) >= 11 is 0. The molecule has 0 spiro atoms. The van der Waals surface area contributed by atoms with Crippen molar-refractivity contribution in [2.24, 2.45) is 7.05 Å². The summed E-state index contributed by atoms with van der Waals surface area (Å²) in [6.07, 6.45) is -2.80. The second kappa shape index (κ2) is 10.7. The fraction of sp³-hybridized carbons (Fsp3) is 0.370. The third kappa shape index (κ3) is 6.31. The molecule has 0 radical (unpaired) electrons. The molecule has 1 N–H and O–H groups in total. The fourth-order valence-electron chi connectivity index (χ4n) is 4.47. The topological polar surface area (TPSA) is 76.5 Å². The molecule has 0 atom stereocenters. The molecule has 3 aromatic rings. The smallest absolute Gasteiger partial charge is 0.422 e. The van der Waals surface area contributed by atoms with Crippen molar-refractivity contribution in [2.75, 3.05) is 25.0 Å². The fourth-order valence-corrected chi connectivity index (χ4v) is 4.47. The standard InChI is InChI=1S/C27H29F3N4O3/c1-17-15-22(18(2)33(17)3)26(36)34-13-11-20(12-14-34)19-7-9-21(10-8-19)31-25(35)23-5-4-6-24(32-23)37-16-27(28,29)30/h4-10,15,20H,11-14,16H2,1-3H3,(H,31,35). The molecular weight excluding hydrogens is 485 g/mol. The molecule has 7 nitrogen and oxygen atoms in total. The van der Waals surface area contributed by atoms with Gasteiger partial charge in [0.25, 0.3) is 11.8 Å². The summed E-state index contributed by atoms with van der Waals surface area (Å²) in [6, 6.07) is 13.5. The molecule has 0 saturated carbocycles. The van der Waals surface area contributed by atoms with Gasteiger partial charge in [0.1, 0.15) is 5.69 Å². The van der Waals surface area contributed by atoms with Gasteiger partial charge in [-0.3, -0.25) is 9.59 Å². The van der Waals surface area contributed by atoms with E-state index in [0.29, 0.717) is 24.7 Å². The number of likely N-dealkylation sites (tertiary alicyclic amines) is 1. The van der Waals surface area contributed by atoms with Gasteiger partial charge in [0.05, 0.1) is 5.56 Å². The summed E-state index contributed by atoms with van der Waals surface area (Å²) in [5, 5.41) is 2.71. The molecule has 37 heavy (non-hydrogen) atoms. The predicted molar refractivity (Wildman–Crippen MR) is 133 cm³/mol. The average molecular weight is 515 g/mol. The van der Waals surface area contributed by atoms with Crippen LogP contribution < -0.4 is 10.1 Å². The van der Waals surface area contributed by atoms with Crippen LogP contribution in [0.25, 0.3) is 0 Å². The van der Waals surface area contributed by atoms with Crippen molar-refractivity contribution in [3.8, 4) is 5.88 Å². The van der Waals surface area contributed by atoms with Crippen molar-refractivity contribution in [1.82, 2.24) is 14.5 Å². The van der Waals surface area contributed by atoms with Crippen molar-refractivity contribution in [3.05, 3.63) is 76.7 Å². The maximum absolute atomic E-state index is 13.0. The number of halogens is 3.